The van der Waals surface area contributed by atoms with Gasteiger partial charge in [-0.05, 0) is 49.4 Å². The number of nitrogen functional groups attached to an aromatic ring is 1. The van der Waals surface area contributed by atoms with Crippen molar-refractivity contribution in [3.05, 3.63) is 39.9 Å². The van der Waals surface area contributed by atoms with Crippen LogP contribution in [0.1, 0.15) is 37.3 Å². The molecule has 0 spiro atoms. The van der Waals surface area contributed by atoms with Crippen LogP contribution in [0.3, 0.4) is 0 Å². The molecule has 0 saturated heterocycles. The molecule has 1 aromatic rings. The highest BCUT2D eigenvalue weighted by atomic mass is 79.9. The first-order valence-electron chi connectivity index (χ1n) is 5.92. The third-order valence-corrected chi connectivity index (χ3v) is 3.72. The fourth-order valence-electron chi connectivity index (χ4n) is 2.32. The van der Waals surface area contributed by atoms with Crippen molar-refractivity contribution in [2.24, 2.45) is 5.84 Å². The Morgan fingerprint density at radius 3 is 2.76 bits per heavy atom. The first-order valence-corrected chi connectivity index (χ1v) is 6.71. The monoisotopic (exact) mass is 295 g/mol. The van der Waals surface area contributed by atoms with Crippen LogP contribution in [0, 0.1) is 0 Å². The van der Waals surface area contributed by atoms with Gasteiger partial charge in [-0.2, -0.15) is 0 Å². The van der Waals surface area contributed by atoms with Crippen molar-refractivity contribution in [2.45, 2.75) is 31.7 Å². The van der Waals surface area contributed by atoms with Gasteiger partial charge in [-0.1, -0.05) is 27.6 Å². The zero-order chi connectivity index (χ0) is 12.3. The molecule has 1 aromatic carbocycles. The quantitative estimate of drug-likeness (QED) is 0.348. The number of benzene rings is 1. The van der Waals surface area contributed by atoms with Crippen LogP contribution in [0.25, 0.3) is 0 Å². The van der Waals surface area contributed by atoms with Crippen LogP contribution in [-0.2, 0) is 0 Å². The van der Waals surface area contributed by atoms with Crippen molar-refractivity contribution in [1.82, 2.24) is 5.43 Å². The van der Waals surface area contributed by atoms with Gasteiger partial charge in [0, 0.05) is 10.2 Å². The van der Waals surface area contributed by atoms with Crippen molar-refractivity contribution >= 4 is 21.6 Å². The van der Waals surface area contributed by atoms with Gasteiger partial charge >= 0.3 is 0 Å². The highest BCUT2D eigenvalue weighted by Gasteiger charge is 2.19. The lowest BCUT2D eigenvalue weighted by Crippen LogP contribution is -2.30. The van der Waals surface area contributed by atoms with Crippen LogP contribution in [0.5, 0.6) is 0 Å². The van der Waals surface area contributed by atoms with Crippen LogP contribution in [-0.4, -0.2) is 0 Å². The van der Waals surface area contributed by atoms with Gasteiger partial charge in [-0.15, -0.1) is 0 Å². The van der Waals surface area contributed by atoms with Crippen molar-refractivity contribution < 1.29 is 0 Å². The highest BCUT2D eigenvalue weighted by molar-refractivity contribution is 9.10. The molecule has 0 amide bonds. The van der Waals surface area contributed by atoms with Crippen LogP contribution in [0.15, 0.2) is 34.3 Å². The summed E-state index contributed by atoms with van der Waals surface area (Å²) >= 11 is 3.47. The second-order valence-corrected chi connectivity index (χ2v) is 5.31. The van der Waals surface area contributed by atoms with Crippen LogP contribution < -0.4 is 17.0 Å². The van der Waals surface area contributed by atoms with Crippen molar-refractivity contribution in [3.8, 4) is 0 Å². The van der Waals surface area contributed by atoms with Crippen molar-refractivity contribution in [1.29, 1.82) is 0 Å². The summed E-state index contributed by atoms with van der Waals surface area (Å²) < 4.78 is 1.03. The van der Waals surface area contributed by atoms with E-state index in [-0.39, 0.29) is 6.04 Å². The molecule has 0 fully saturated rings. The number of halogens is 1. The van der Waals surface area contributed by atoms with E-state index in [4.69, 9.17) is 11.6 Å². The zero-order valence-corrected chi connectivity index (χ0v) is 11.3. The molecule has 1 unspecified atom stereocenters. The number of hydrazine groups is 1. The van der Waals surface area contributed by atoms with Gasteiger partial charge in [-0.25, -0.2) is 5.43 Å². The summed E-state index contributed by atoms with van der Waals surface area (Å²) in [5, 5.41) is 0. The Morgan fingerprint density at radius 2 is 2.12 bits per heavy atom. The summed E-state index contributed by atoms with van der Waals surface area (Å²) in [7, 11) is 0. The van der Waals surface area contributed by atoms with E-state index in [1.807, 2.05) is 18.2 Å². The SMILES string of the molecule is NNC(C1=CCCCC1)c1cc(Br)ccc1N. The number of rotatable bonds is 3. The molecule has 1 aliphatic rings. The topological polar surface area (TPSA) is 64.1 Å². The molecule has 1 aliphatic carbocycles. The molecule has 2 rings (SSSR count). The summed E-state index contributed by atoms with van der Waals surface area (Å²) in [6.07, 6.45) is 7.03. The summed E-state index contributed by atoms with van der Waals surface area (Å²) in [6, 6.07) is 5.93. The summed E-state index contributed by atoms with van der Waals surface area (Å²) in [5.41, 5.74) is 12.1. The summed E-state index contributed by atoms with van der Waals surface area (Å²) in [5.74, 6) is 5.69. The Labute approximate surface area is 110 Å². The first-order chi connectivity index (χ1) is 8.22. The third kappa shape index (κ3) is 2.89. The maximum Gasteiger partial charge on any atom is 0.0690 e. The third-order valence-electron chi connectivity index (χ3n) is 3.22. The molecule has 1 atom stereocenters. The minimum Gasteiger partial charge on any atom is -0.398 e. The molecule has 92 valence electrons. The number of nitrogens with one attached hydrogen (secondary N) is 1. The molecule has 0 heterocycles. The fraction of sp³-hybridized carbons (Fsp3) is 0.385. The predicted molar refractivity (Wildman–Crippen MR) is 75.2 cm³/mol. The van der Waals surface area contributed by atoms with Crippen molar-refractivity contribution in [2.75, 3.05) is 5.73 Å². The highest BCUT2D eigenvalue weighted by Crippen LogP contribution is 2.33. The molecule has 17 heavy (non-hydrogen) atoms. The van der Waals surface area contributed by atoms with E-state index < -0.39 is 0 Å². The lowest BCUT2D eigenvalue weighted by molar-refractivity contribution is 0.567. The molecule has 0 aliphatic heterocycles. The first kappa shape index (κ1) is 12.6. The number of allylic oxidation sites excluding steroid dienone is 1. The Balaban J connectivity index is 2.34. The van der Waals surface area contributed by atoms with Gasteiger partial charge in [0.15, 0.2) is 0 Å². The zero-order valence-electron chi connectivity index (χ0n) is 9.75. The van der Waals surface area contributed by atoms with E-state index in [0.717, 1.165) is 28.6 Å². The second kappa shape index (κ2) is 5.67. The Kier molecular flexibility index (Phi) is 4.20. The Hall–Kier alpha value is -0.840. The van der Waals surface area contributed by atoms with Gasteiger partial charge in [-0.3, -0.25) is 5.84 Å². The van der Waals surface area contributed by atoms with Gasteiger partial charge in [0.1, 0.15) is 0 Å². The minimum absolute atomic E-state index is 0.0350. The van der Waals surface area contributed by atoms with Crippen LogP contribution in [0.2, 0.25) is 0 Å². The number of anilines is 1. The maximum absolute atomic E-state index is 6.03. The largest absolute Gasteiger partial charge is 0.398 e. The molecule has 0 aromatic heterocycles. The number of hydrogen-bond donors (Lipinski definition) is 3. The smallest absolute Gasteiger partial charge is 0.0690 e. The van der Waals surface area contributed by atoms with E-state index >= 15 is 0 Å². The van der Waals surface area contributed by atoms with Crippen molar-refractivity contribution in [3.63, 3.8) is 0 Å². The maximum atomic E-state index is 6.03. The summed E-state index contributed by atoms with van der Waals surface area (Å²) in [4.78, 5) is 0. The Bertz CT molecular complexity index is 429. The Morgan fingerprint density at radius 1 is 1.29 bits per heavy atom. The normalized spacial score (nSPS) is 17.6. The molecular formula is C13H18BrN3. The minimum atomic E-state index is 0.0350. The molecule has 0 radical (unpaired) electrons. The average molecular weight is 296 g/mol. The molecule has 4 heteroatoms. The van der Waals surface area contributed by atoms with E-state index in [9.17, 15) is 0 Å². The average Bonchev–Trinajstić information content (AvgIpc) is 2.36. The van der Waals surface area contributed by atoms with Gasteiger partial charge < -0.3 is 5.73 Å². The van der Waals surface area contributed by atoms with Crippen LogP contribution in [0.4, 0.5) is 5.69 Å². The standard InChI is InChI=1S/C13H18BrN3/c14-10-6-7-12(15)11(8-10)13(17-16)9-4-2-1-3-5-9/h4,6-8,13,17H,1-3,5,15-16H2. The molecule has 3 nitrogen and oxygen atoms in total. The number of hydrogen-bond acceptors (Lipinski definition) is 3. The van der Waals surface area contributed by atoms with Gasteiger partial charge in [0.05, 0.1) is 6.04 Å². The van der Waals surface area contributed by atoms with E-state index in [1.54, 1.807) is 0 Å². The molecule has 0 saturated carbocycles. The fourth-order valence-corrected chi connectivity index (χ4v) is 2.70. The predicted octanol–water partition coefficient (Wildman–Crippen LogP) is 3.04. The van der Waals surface area contributed by atoms with E-state index in [2.05, 4.69) is 27.4 Å². The lowest BCUT2D eigenvalue weighted by atomic mass is 9.89. The lowest BCUT2D eigenvalue weighted by Gasteiger charge is -2.24. The number of nitrogens with two attached hydrogens (primary N) is 2. The molecule has 0 bridgehead atoms. The van der Waals surface area contributed by atoms with Crippen LogP contribution >= 0.6 is 15.9 Å². The van der Waals surface area contributed by atoms with E-state index in [0.29, 0.717) is 0 Å². The summed E-state index contributed by atoms with van der Waals surface area (Å²) in [6.45, 7) is 0. The van der Waals surface area contributed by atoms with E-state index in [1.165, 1.54) is 18.4 Å². The molecule has 5 N–H and O–H groups in total. The van der Waals surface area contributed by atoms with Gasteiger partial charge in [0.2, 0.25) is 0 Å². The second-order valence-electron chi connectivity index (χ2n) is 4.40. The molecular weight excluding hydrogens is 278 g/mol. The van der Waals surface area contributed by atoms with Gasteiger partial charge in [0.25, 0.3) is 0 Å².